The third-order valence-electron chi connectivity index (χ3n) is 3.74. The predicted molar refractivity (Wildman–Crippen MR) is 62.6 cm³/mol. The van der Waals surface area contributed by atoms with E-state index in [9.17, 15) is 0 Å². The minimum absolute atomic E-state index is 0.296. The molecule has 0 aromatic rings. The van der Waals surface area contributed by atoms with Crippen LogP contribution in [0.15, 0.2) is 0 Å². The zero-order chi connectivity index (χ0) is 10.8. The summed E-state index contributed by atoms with van der Waals surface area (Å²) in [5, 5.41) is 3.43. The van der Waals surface area contributed by atoms with Crippen LogP contribution in [0.3, 0.4) is 0 Å². The normalized spacial score (nSPS) is 22.7. The zero-order valence-electron chi connectivity index (χ0n) is 10.4. The van der Waals surface area contributed by atoms with Gasteiger partial charge in [0.1, 0.15) is 0 Å². The summed E-state index contributed by atoms with van der Waals surface area (Å²) in [7, 11) is 2.26. The maximum atomic E-state index is 3.43. The highest BCUT2D eigenvalue weighted by atomic mass is 15.2. The second-order valence-corrected chi connectivity index (χ2v) is 5.61. The van der Waals surface area contributed by atoms with E-state index in [0.717, 1.165) is 5.92 Å². The summed E-state index contributed by atoms with van der Waals surface area (Å²) >= 11 is 0. The Morgan fingerprint density at radius 2 is 1.71 bits per heavy atom. The lowest BCUT2D eigenvalue weighted by atomic mass is 9.88. The number of nitrogens with one attached hydrogen (secondary N) is 1. The van der Waals surface area contributed by atoms with Crippen LogP contribution in [0.5, 0.6) is 0 Å². The molecule has 2 heteroatoms. The monoisotopic (exact) mass is 198 g/mol. The van der Waals surface area contributed by atoms with Crippen molar-refractivity contribution in [2.75, 3.05) is 20.1 Å². The average Bonchev–Trinajstić information content (AvgIpc) is 2.15. The number of piperidine rings is 1. The van der Waals surface area contributed by atoms with Crippen molar-refractivity contribution in [1.29, 1.82) is 0 Å². The summed E-state index contributed by atoms with van der Waals surface area (Å²) in [5.74, 6) is 0.875. The van der Waals surface area contributed by atoms with Gasteiger partial charge in [0, 0.05) is 11.6 Å². The Labute approximate surface area is 89.1 Å². The lowest BCUT2D eigenvalue weighted by Crippen LogP contribution is -2.49. The van der Waals surface area contributed by atoms with Crippen molar-refractivity contribution in [3.8, 4) is 0 Å². The van der Waals surface area contributed by atoms with E-state index >= 15 is 0 Å². The highest BCUT2D eigenvalue weighted by Crippen LogP contribution is 2.24. The molecule has 14 heavy (non-hydrogen) atoms. The molecule has 0 saturated carbocycles. The Morgan fingerprint density at radius 3 is 2.14 bits per heavy atom. The maximum Gasteiger partial charge on any atom is 0.0124 e. The van der Waals surface area contributed by atoms with Crippen LogP contribution < -0.4 is 5.32 Å². The van der Waals surface area contributed by atoms with Gasteiger partial charge >= 0.3 is 0 Å². The zero-order valence-corrected chi connectivity index (χ0v) is 10.4. The van der Waals surface area contributed by atoms with Gasteiger partial charge in [0.15, 0.2) is 0 Å². The Kier molecular flexibility index (Phi) is 3.96. The molecular formula is C12H26N2. The van der Waals surface area contributed by atoms with E-state index in [1.165, 1.54) is 25.9 Å². The molecule has 84 valence electrons. The first-order valence-corrected chi connectivity index (χ1v) is 5.86. The minimum Gasteiger partial charge on any atom is -0.317 e. The lowest BCUT2D eigenvalue weighted by molar-refractivity contribution is 0.0770. The third-order valence-corrected chi connectivity index (χ3v) is 3.74. The quantitative estimate of drug-likeness (QED) is 0.731. The standard InChI is InChI=1S/C12H26N2/c1-10(14(5)12(2,3)4)11-6-8-13-9-7-11/h10-11,13H,6-9H2,1-5H3. The first-order chi connectivity index (χ1) is 6.43. The largest absolute Gasteiger partial charge is 0.317 e. The molecule has 1 saturated heterocycles. The molecule has 0 bridgehead atoms. The van der Waals surface area contributed by atoms with Crippen LogP contribution in [-0.4, -0.2) is 36.6 Å². The smallest absolute Gasteiger partial charge is 0.0124 e. The summed E-state index contributed by atoms with van der Waals surface area (Å²) in [5.41, 5.74) is 0.296. The van der Waals surface area contributed by atoms with Gasteiger partial charge in [-0.05, 0) is 66.6 Å². The molecule has 1 aliphatic heterocycles. The molecule has 2 nitrogen and oxygen atoms in total. The predicted octanol–water partition coefficient (Wildman–Crippen LogP) is 2.10. The van der Waals surface area contributed by atoms with Crippen LogP contribution in [0.25, 0.3) is 0 Å². The topological polar surface area (TPSA) is 15.3 Å². The lowest BCUT2D eigenvalue weighted by Gasteiger charge is -2.42. The summed E-state index contributed by atoms with van der Waals surface area (Å²) in [4.78, 5) is 2.52. The van der Waals surface area contributed by atoms with E-state index in [0.29, 0.717) is 11.6 Å². The molecule has 1 aliphatic rings. The number of rotatable bonds is 2. The summed E-state index contributed by atoms with van der Waals surface area (Å²) in [6.45, 7) is 11.7. The Morgan fingerprint density at radius 1 is 1.21 bits per heavy atom. The van der Waals surface area contributed by atoms with Gasteiger partial charge in [-0.1, -0.05) is 0 Å². The van der Waals surface area contributed by atoms with Crippen molar-refractivity contribution < 1.29 is 0 Å². The Balaban J connectivity index is 2.50. The molecular weight excluding hydrogens is 172 g/mol. The van der Waals surface area contributed by atoms with E-state index < -0.39 is 0 Å². The fourth-order valence-electron chi connectivity index (χ4n) is 2.25. The van der Waals surface area contributed by atoms with Crippen LogP contribution in [-0.2, 0) is 0 Å². The van der Waals surface area contributed by atoms with Crippen molar-refractivity contribution in [3.63, 3.8) is 0 Å². The van der Waals surface area contributed by atoms with Gasteiger partial charge in [-0.3, -0.25) is 4.90 Å². The minimum atomic E-state index is 0.296. The second kappa shape index (κ2) is 4.63. The average molecular weight is 198 g/mol. The van der Waals surface area contributed by atoms with Crippen LogP contribution in [0.4, 0.5) is 0 Å². The highest BCUT2D eigenvalue weighted by Gasteiger charge is 2.28. The molecule has 0 aromatic heterocycles. The Bertz CT molecular complexity index is 166. The van der Waals surface area contributed by atoms with E-state index in [4.69, 9.17) is 0 Å². The van der Waals surface area contributed by atoms with Crippen molar-refractivity contribution >= 4 is 0 Å². The van der Waals surface area contributed by atoms with E-state index in [2.05, 4.69) is 45.0 Å². The summed E-state index contributed by atoms with van der Waals surface area (Å²) in [6.07, 6.45) is 2.67. The SMILES string of the molecule is CC(C1CCNCC1)N(C)C(C)(C)C. The number of hydrogen-bond acceptors (Lipinski definition) is 2. The van der Waals surface area contributed by atoms with Crippen molar-refractivity contribution in [1.82, 2.24) is 10.2 Å². The van der Waals surface area contributed by atoms with Gasteiger partial charge in [0.05, 0.1) is 0 Å². The van der Waals surface area contributed by atoms with Crippen LogP contribution in [0.2, 0.25) is 0 Å². The molecule has 0 radical (unpaired) electrons. The summed E-state index contributed by atoms with van der Waals surface area (Å²) < 4.78 is 0. The van der Waals surface area contributed by atoms with Crippen molar-refractivity contribution in [2.45, 2.75) is 52.1 Å². The van der Waals surface area contributed by atoms with E-state index in [1.807, 2.05) is 0 Å². The molecule has 1 rings (SSSR count). The highest BCUT2D eigenvalue weighted by molar-refractivity contribution is 4.84. The van der Waals surface area contributed by atoms with Crippen LogP contribution in [0, 0.1) is 5.92 Å². The first-order valence-electron chi connectivity index (χ1n) is 5.86. The molecule has 1 unspecified atom stereocenters. The molecule has 1 heterocycles. The van der Waals surface area contributed by atoms with Crippen LogP contribution >= 0.6 is 0 Å². The molecule has 0 aromatic carbocycles. The van der Waals surface area contributed by atoms with Gasteiger partial charge < -0.3 is 5.32 Å². The second-order valence-electron chi connectivity index (χ2n) is 5.61. The van der Waals surface area contributed by atoms with Crippen molar-refractivity contribution in [3.05, 3.63) is 0 Å². The molecule has 0 aliphatic carbocycles. The molecule has 0 spiro atoms. The summed E-state index contributed by atoms with van der Waals surface area (Å²) in [6, 6.07) is 0.706. The molecule has 1 N–H and O–H groups in total. The van der Waals surface area contributed by atoms with Gasteiger partial charge in [0.25, 0.3) is 0 Å². The van der Waals surface area contributed by atoms with Gasteiger partial charge in [-0.25, -0.2) is 0 Å². The van der Waals surface area contributed by atoms with E-state index in [1.54, 1.807) is 0 Å². The van der Waals surface area contributed by atoms with Gasteiger partial charge in [-0.15, -0.1) is 0 Å². The molecule has 0 amide bonds. The van der Waals surface area contributed by atoms with Crippen molar-refractivity contribution in [2.24, 2.45) is 5.92 Å². The third kappa shape index (κ3) is 2.96. The van der Waals surface area contributed by atoms with Gasteiger partial charge in [-0.2, -0.15) is 0 Å². The van der Waals surface area contributed by atoms with Gasteiger partial charge in [0.2, 0.25) is 0 Å². The van der Waals surface area contributed by atoms with Crippen LogP contribution in [0.1, 0.15) is 40.5 Å². The van der Waals surface area contributed by atoms with E-state index in [-0.39, 0.29) is 0 Å². The fraction of sp³-hybridized carbons (Fsp3) is 1.00. The number of hydrogen-bond donors (Lipinski definition) is 1. The fourth-order valence-corrected chi connectivity index (χ4v) is 2.25. The number of nitrogens with zero attached hydrogens (tertiary/aromatic N) is 1. The first kappa shape index (κ1) is 12.0. The molecule has 1 atom stereocenters. The Hall–Kier alpha value is -0.0800. The molecule has 1 fully saturated rings. The maximum absolute atomic E-state index is 3.43.